The highest BCUT2D eigenvalue weighted by molar-refractivity contribution is 7.98. The Hall–Kier alpha value is -3.24. The number of carbonyl (C=O) groups is 2. The van der Waals surface area contributed by atoms with E-state index < -0.39 is 22.9 Å². The van der Waals surface area contributed by atoms with E-state index in [0.29, 0.717) is 11.3 Å². The molecule has 0 saturated carbocycles. The minimum atomic E-state index is -1.04. The number of ether oxygens (including phenoxy) is 1. The molecule has 1 amide bonds. The van der Waals surface area contributed by atoms with E-state index in [1.807, 2.05) is 24.4 Å². The number of nitro groups is 1. The van der Waals surface area contributed by atoms with Crippen LogP contribution in [0.3, 0.4) is 0 Å². The zero-order valence-electron chi connectivity index (χ0n) is 16.7. The smallest absolute Gasteiger partial charge is 0.338 e. The molecule has 10 heteroatoms. The summed E-state index contributed by atoms with van der Waals surface area (Å²) in [4.78, 5) is 40.1. The van der Waals surface area contributed by atoms with Crippen LogP contribution >= 0.6 is 23.1 Å². The van der Waals surface area contributed by atoms with Crippen molar-refractivity contribution in [2.45, 2.75) is 30.6 Å². The van der Waals surface area contributed by atoms with Gasteiger partial charge in [0, 0.05) is 33.8 Å². The number of thiazole rings is 1. The SMILES string of the molecule is Cc1nc(CSc2ccc(C(=O)OC(C)C(=O)Nc3ccc([N+](=O)[O-])cc3)cc2)cs1. The van der Waals surface area contributed by atoms with Crippen LogP contribution in [0.15, 0.2) is 58.8 Å². The summed E-state index contributed by atoms with van der Waals surface area (Å²) in [5, 5.41) is 16.3. The molecule has 0 aliphatic rings. The summed E-state index contributed by atoms with van der Waals surface area (Å²) in [6.07, 6.45) is -1.04. The van der Waals surface area contributed by atoms with Crippen LogP contribution in [-0.4, -0.2) is 27.9 Å². The van der Waals surface area contributed by atoms with E-state index in [1.54, 1.807) is 35.2 Å². The van der Waals surface area contributed by atoms with Crippen molar-refractivity contribution in [1.82, 2.24) is 4.98 Å². The van der Waals surface area contributed by atoms with E-state index in [1.165, 1.54) is 31.2 Å². The number of non-ortho nitro benzene ring substituents is 1. The number of nitrogens with one attached hydrogen (secondary N) is 1. The first-order valence-electron chi connectivity index (χ1n) is 9.22. The van der Waals surface area contributed by atoms with Crippen molar-refractivity contribution >= 4 is 46.3 Å². The second-order valence-electron chi connectivity index (χ2n) is 6.51. The van der Waals surface area contributed by atoms with Gasteiger partial charge in [0.1, 0.15) is 0 Å². The number of aryl methyl sites for hydroxylation is 1. The van der Waals surface area contributed by atoms with Crippen LogP contribution in [-0.2, 0) is 15.3 Å². The number of aromatic nitrogens is 1. The Balaban J connectivity index is 1.51. The number of hydrogen-bond acceptors (Lipinski definition) is 8. The molecule has 0 aliphatic heterocycles. The third kappa shape index (κ3) is 6.37. The normalized spacial score (nSPS) is 11.5. The van der Waals surface area contributed by atoms with E-state index in [0.717, 1.165) is 21.3 Å². The van der Waals surface area contributed by atoms with E-state index in [9.17, 15) is 19.7 Å². The molecule has 3 aromatic rings. The first kappa shape index (κ1) is 22.4. The van der Waals surface area contributed by atoms with Gasteiger partial charge in [-0.1, -0.05) is 0 Å². The van der Waals surface area contributed by atoms with Gasteiger partial charge in [-0.05, 0) is 50.2 Å². The van der Waals surface area contributed by atoms with Crippen molar-refractivity contribution in [2.75, 3.05) is 5.32 Å². The summed E-state index contributed by atoms with van der Waals surface area (Å²) in [6, 6.07) is 12.3. The average Bonchev–Trinajstić information content (AvgIpc) is 3.18. The summed E-state index contributed by atoms with van der Waals surface area (Å²) >= 11 is 3.23. The fraction of sp³-hybridized carbons (Fsp3) is 0.190. The van der Waals surface area contributed by atoms with Gasteiger partial charge < -0.3 is 10.1 Å². The number of thioether (sulfide) groups is 1. The quantitative estimate of drug-likeness (QED) is 0.223. The number of esters is 1. The standard InChI is InChI=1S/C21H19N3O5S2/c1-13(20(25)23-16-5-7-18(8-6-16)24(27)28)29-21(26)15-3-9-19(10-4-15)31-12-17-11-30-14(2)22-17/h3-11,13H,12H2,1-2H3,(H,23,25). The zero-order valence-corrected chi connectivity index (χ0v) is 18.4. The Bertz CT molecular complexity index is 1080. The molecule has 1 N–H and O–H groups in total. The molecule has 1 heterocycles. The topological polar surface area (TPSA) is 111 Å². The lowest BCUT2D eigenvalue weighted by atomic mass is 10.2. The highest BCUT2D eigenvalue weighted by Crippen LogP contribution is 2.24. The van der Waals surface area contributed by atoms with Crippen LogP contribution in [0.4, 0.5) is 11.4 Å². The fourth-order valence-electron chi connectivity index (χ4n) is 2.51. The largest absolute Gasteiger partial charge is 0.449 e. The molecule has 0 spiro atoms. The minimum absolute atomic E-state index is 0.0826. The molecule has 160 valence electrons. The predicted molar refractivity (Wildman–Crippen MR) is 119 cm³/mol. The second-order valence-corrected chi connectivity index (χ2v) is 8.62. The lowest BCUT2D eigenvalue weighted by Crippen LogP contribution is -2.30. The van der Waals surface area contributed by atoms with Crippen LogP contribution in [0.2, 0.25) is 0 Å². The van der Waals surface area contributed by atoms with Gasteiger partial charge in [-0.25, -0.2) is 9.78 Å². The van der Waals surface area contributed by atoms with Crippen LogP contribution in [0.25, 0.3) is 0 Å². The Kier molecular flexibility index (Phi) is 7.37. The predicted octanol–water partition coefficient (Wildman–Crippen LogP) is 4.84. The number of carbonyl (C=O) groups excluding carboxylic acids is 2. The molecule has 31 heavy (non-hydrogen) atoms. The highest BCUT2D eigenvalue weighted by atomic mass is 32.2. The Labute approximate surface area is 186 Å². The highest BCUT2D eigenvalue weighted by Gasteiger charge is 2.19. The van der Waals surface area contributed by atoms with Gasteiger partial charge in [0.2, 0.25) is 0 Å². The summed E-state index contributed by atoms with van der Waals surface area (Å²) in [5.41, 5.74) is 1.64. The van der Waals surface area contributed by atoms with Gasteiger partial charge in [-0.15, -0.1) is 23.1 Å². The monoisotopic (exact) mass is 457 g/mol. The number of benzene rings is 2. The fourth-order valence-corrected chi connectivity index (χ4v) is 4.02. The first-order chi connectivity index (χ1) is 14.8. The van der Waals surface area contributed by atoms with Crippen molar-refractivity contribution in [2.24, 2.45) is 0 Å². The molecule has 0 aliphatic carbocycles. The molecular formula is C21H19N3O5S2. The van der Waals surface area contributed by atoms with Crippen LogP contribution in [0, 0.1) is 17.0 Å². The van der Waals surface area contributed by atoms with Crippen molar-refractivity contribution in [1.29, 1.82) is 0 Å². The zero-order chi connectivity index (χ0) is 22.4. The molecule has 3 rings (SSSR count). The van der Waals surface area contributed by atoms with E-state index >= 15 is 0 Å². The molecule has 2 aromatic carbocycles. The molecule has 1 aromatic heterocycles. The number of nitro benzene ring substituents is 1. The third-order valence-electron chi connectivity index (χ3n) is 4.14. The maximum Gasteiger partial charge on any atom is 0.338 e. The third-order valence-corrected chi connectivity index (χ3v) is 6.01. The van der Waals surface area contributed by atoms with E-state index in [-0.39, 0.29) is 5.69 Å². The Morgan fingerprint density at radius 2 is 1.87 bits per heavy atom. The van der Waals surface area contributed by atoms with Crippen LogP contribution in [0.1, 0.15) is 28.0 Å². The van der Waals surface area contributed by atoms with Gasteiger partial charge in [0.15, 0.2) is 6.10 Å². The molecular weight excluding hydrogens is 438 g/mol. The lowest BCUT2D eigenvalue weighted by Gasteiger charge is -2.13. The van der Waals surface area contributed by atoms with Crippen molar-refractivity contribution in [3.63, 3.8) is 0 Å². The van der Waals surface area contributed by atoms with Gasteiger partial charge >= 0.3 is 5.97 Å². The Morgan fingerprint density at radius 3 is 2.45 bits per heavy atom. The van der Waals surface area contributed by atoms with Crippen molar-refractivity contribution in [3.8, 4) is 0 Å². The Morgan fingerprint density at radius 1 is 1.19 bits per heavy atom. The van der Waals surface area contributed by atoms with Crippen LogP contribution < -0.4 is 5.32 Å². The maximum absolute atomic E-state index is 12.3. The summed E-state index contributed by atoms with van der Waals surface area (Å²) < 4.78 is 5.23. The molecule has 0 fully saturated rings. The number of rotatable bonds is 8. The first-order valence-corrected chi connectivity index (χ1v) is 11.1. The molecule has 0 bridgehead atoms. The number of hydrogen-bond donors (Lipinski definition) is 1. The van der Waals surface area contributed by atoms with Gasteiger partial charge in [0.25, 0.3) is 11.6 Å². The molecule has 1 atom stereocenters. The van der Waals surface area contributed by atoms with E-state index in [2.05, 4.69) is 10.3 Å². The molecule has 1 unspecified atom stereocenters. The van der Waals surface area contributed by atoms with Gasteiger partial charge in [0.05, 0.1) is 21.2 Å². The molecule has 0 radical (unpaired) electrons. The second kappa shape index (κ2) is 10.2. The maximum atomic E-state index is 12.3. The number of anilines is 1. The van der Waals surface area contributed by atoms with Gasteiger partial charge in [-0.2, -0.15) is 0 Å². The number of amides is 1. The molecule has 0 saturated heterocycles. The summed E-state index contributed by atoms with van der Waals surface area (Å²) in [5.74, 6) is -0.403. The van der Waals surface area contributed by atoms with Crippen molar-refractivity contribution in [3.05, 3.63) is 80.3 Å². The minimum Gasteiger partial charge on any atom is -0.449 e. The lowest BCUT2D eigenvalue weighted by molar-refractivity contribution is -0.384. The number of nitrogens with zero attached hydrogens (tertiary/aromatic N) is 2. The summed E-state index contributed by atoms with van der Waals surface area (Å²) in [7, 11) is 0. The van der Waals surface area contributed by atoms with Crippen LogP contribution in [0.5, 0.6) is 0 Å². The summed E-state index contributed by atoms with van der Waals surface area (Å²) in [6.45, 7) is 3.42. The molecule has 8 nitrogen and oxygen atoms in total. The van der Waals surface area contributed by atoms with Crippen molar-refractivity contribution < 1.29 is 19.2 Å². The van der Waals surface area contributed by atoms with E-state index in [4.69, 9.17) is 4.74 Å². The average molecular weight is 458 g/mol. The van der Waals surface area contributed by atoms with Gasteiger partial charge in [-0.3, -0.25) is 14.9 Å².